The smallest absolute Gasteiger partial charge is 0.244 e. The van der Waals surface area contributed by atoms with E-state index in [0.717, 1.165) is 17.4 Å². The quantitative estimate of drug-likeness (QED) is 0.0956. The second-order valence-electron chi connectivity index (χ2n) is 16.5. The summed E-state index contributed by atoms with van der Waals surface area (Å²) in [6.45, 7) is 13.5. The van der Waals surface area contributed by atoms with E-state index in [2.05, 4.69) is 31.4 Å². The Bertz CT molecular complexity index is 1730. The Balaban J connectivity index is 1.36. The summed E-state index contributed by atoms with van der Waals surface area (Å²) in [6, 6.07) is 21.7. The molecule has 3 amide bonds. The van der Waals surface area contributed by atoms with Crippen LogP contribution in [0.4, 0.5) is 5.69 Å². The number of anilines is 1. The number of nitrogens with one attached hydrogen (secondary N) is 2. The van der Waals surface area contributed by atoms with Crippen LogP contribution >= 0.6 is 0 Å². The van der Waals surface area contributed by atoms with Crippen molar-refractivity contribution in [2.75, 3.05) is 45.7 Å². The zero-order valence-electron chi connectivity index (χ0n) is 33.3. The molecular weight excluding hydrogens is 683 g/mol. The fourth-order valence-corrected chi connectivity index (χ4v) is 6.14. The molecule has 11 nitrogen and oxygen atoms in total. The van der Waals surface area contributed by atoms with Crippen LogP contribution in [-0.2, 0) is 27.3 Å². The minimum atomic E-state index is -0.990. The van der Waals surface area contributed by atoms with E-state index in [0.29, 0.717) is 55.0 Å². The van der Waals surface area contributed by atoms with E-state index < -0.39 is 11.0 Å². The number of ketones is 1. The third kappa shape index (κ3) is 14.9. The second kappa shape index (κ2) is 19.5. The summed E-state index contributed by atoms with van der Waals surface area (Å²) < 4.78 is 5.83. The van der Waals surface area contributed by atoms with E-state index in [9.17, 15) is 24.0 Å². The first-order valence-corrected chi connectivity index (χ1v) is 18.4. The number of Topliss-reactive ketones (excluding diaryl/α,β-unsaturated/α-hetero) is 1. The lowest BCUT2D eigenvalue weighted by molar-refractivity contribution is -0.135. The molecule has 11 heteroatoms. The molecule has 0 spiro atoms. The molecule has 3 aromatic carbocycles. The number of benzene rings is 3. The van der Waals surface area contributed by atoms with Crippen molar-refractivity contribution in [1.29, 1.82) is 0 Å². The number of ether oxygens (including phenoxy) is 1. The Morgan fingerprint density at radius 3 is 2.00 bits per heavy atom. The summed E-state index contributed by atoms with van der Waals surface area (Å²) in [7, 11) is 3.49. The topological polar surface area (TPSA) is 151 Å². The molecule has 0 aliphatic rings. The Kier molecular flexibility index (Phi) is 15.7. The van der Waals surface area contributed by atoms with Crippen molar-refractivity contribution in [3.8, 4) is 5.75 Å². The molecule has 3 aromatic rings. The van der Waals surface area contributed by atoms with E-state index in [1.165, 1.54) is 0 Å². The van der Waals surface area contributed by atoms with Gasteiger partial charge in [0.05, 0.1) is 18.6 Å². The van der Waals surface area contributed by atoms with Crippen LogP contribution in [0.15, 0.2) is 72.8 Å². The minimum Gasteiger partial charge on any atom is -0.492 e. The van der Waals surface area contributed by atoms with Gasteiger partial charge in [0.15, 0.2) is 5.78 Å². The van der Waals surface area contributed by atoms with E-state index >= 15 is 0 Å². The summed E-state index contributed by atoms with van der Waals surface area (Å²) in [6.07, 6.45) is 2.43. The van der Waals surface area contributed by atoms with Crippen LogP contribution in [0.3, 0.4) is 0 Å². The lowest BCUT2D eigenvalue weighted by Gasteiger charge is -2.31. The molecule has 0 radical (unpaired) electrons. The van der Waals surface area contributed by atoms with Gasteiger partial charge in [-0.05, 0) is 84.2 Å². The maximum absolute atomic E-state index is 13.1. The summed E-state index contributed by atoms with van der Waals surface area (Å²) in [5.74, 6) is 0.187. The van der Waals surface area contributed by atoms with Crippen LogP contribution in [-0.4, -0.2) is 85.5 Å². The van der Waals surface area contributed by atoms with Gasteiger partial charge in [-0.3, -0.25) is 24.0 Å². The lowest BCUT2D eigenvalue weighted by Crippen LogP contribution is -2.50. The van der Waals surface area contributed by atoms with Crippen molar-refractivity contribution in [3.63, 3.8) is 0 Å². The molecule has 0 saturated carbocycles. The highest BCUT2D eigenvalue weighted by molar-refractivity contribution is 5.98. The highest BCUT2D eigenvalue weighted by Gasteiger charge is 2.33. The molecular formula is C43H59N5O6. The SMILES string of the molecule is CN(CCOc1ccc(C(=O)CNCc2cccc(C=O)c2)cc1)C(=O)CC(C)(C)CC(=O)N(C)CCc1ccc(NC(=O)[C@](C)(N)CC(C)(C)C)cc1. The molecule has 4 N–H and O–H groups in total. The van der Waals surface area contributed by atoms with Gasteiger partial charge in [0, 0.05) is 56.8 Å². The highest BCUT2D eigenvalue weighted by atomic mass is 16.5. The fourth-order valence-electron chi connectivity index (χ4n) is 6.14. The van der Waals surface area contributed by atoms with E-state index in [1.807, 2.05) is 50.2 Å². The molecule has 1 atom stereocenters. The normalized spacial score (nSPS) is 12.7. The maximum atomic E-state index is 13.1. The maximum Gasteiger partial charge on any atom is 0.244 e. The van der Waals surface area contributed by atoms with Crippen LogP contribution in [0.5, 0.6) is 5.75 Å². The minimum absolute atomic E-state index is 0.0363. The fraction of sp³-hybridized carbons (Fsp3) is 0.465. The number of likely N-dealkylation sites (N-methyl/N-ethyl adjacent to an activating group) is 2. The first-order chi connectivity index (χ1) is 25.3. The molecule has 54 heavy (non-hydrogen) atoms. The van der Waals surface area contributed by atoms with Gasteiger partial charge in [-0.25, -0.2) is 0 Å². The van der Waals surface area contributed by atoms with Gasteiger partial charge in [-0.15, -0.1) is 0 Å². The van der Waals surface area contributed by atoms with E-state index in [1.54, 1.807) is 67.2 Å². The van der Waals surface area contributed by atoms with Crippen molar-refractivity contribution in [3.05, 3.63) is 95.1 Å². The number of carbonyl (C=O) groups is 5. The molecule has 0 unspecified atom stereocenters. The van der Waals surface area contributed by atoms with Gasteiger partial charge < -0.3 is 30.9 Å². The average Bonchev–Trinajstić information content (AvgIpc) is 3.10. The molecule has 0 aliphatic carbocycles. The zero-order valence-corrected chi connectivity index (χ0v) is 33.3. The van der Waals surface area contributed by atoms with E-state index in [4.69, 9.17) is 10.5 Å². The molecule has 0 heterocycles. The summed E-state index contributed by atoms with van der Waals surface area (Å²) >= 11 is 0. The predicted octanol–water partition coefficient (Wildman–Crippen LogP) is 5.91. The van der Waals surface area contributed by atoms with Gasteiger partial charge >= 0.3 is 0 Å². The van der Waals surface area contributed by atoms with Crippen LogP contribution in [0.1, 0.15) is 92.6 Å². The molecule has 0 aliphatic heterocycles. The van der Waals surface area contributed by atoms with Crippen LogP contribution in [0, 0.1) is 10.8 Å². The number of amides is 3. The van der Waals surface area contributed by atoms with Crippen molar-refractivity contribution < 1.29 is 28.7 Å². The monoisotopic (exact) mass is 741 g/mol. The van der Waals surface area contributed by atoms with Gasteiger partial charge in [0.25, 0.3) is 0 Å². The Morgan fingerprint density at radius 1 is 0.796 bits per heavy atom. The lowest BCUT2D eigenvalue weighted by atomic mass is 9.81. The number of nitrogens with two attached hydrogens (primary N) is 1. The van der Waals surface area contributed by atoms with Crippen molar-refractivity contribution in [1.82, 2.24) is 15.1 Å². The third-order valence-electron chi connectivity index (χ3n) is 9.05. The summed E-state index contributed by atoms with van der Waals surface area (Å²) in [4.78, 5) is 65.8. The highest BCUT2D eigenvalue weighted by Crippen LogP contribution is 2.28. The molecule has 0 fully saturated rings. The zero-order chi connectivity index (χ0) is 40.1. The number of nitrogens with zero attached hydrogens (tertiary/aromatic N) is 2. The number of hydrogen-bond donors (Lipinski definition) is 3. The number of rotatable bonds is 20. The first-order valence-electron chi connectivity index (χ1n) is 18.4. The van der Waals surface area contributed by atoms with Gasteiger partial charge in [0.2, 0.25) is 17.7 Å². The standard InChI is InChI=1S/C43H59N5O6/c1-41(2,3)30-43(6,44)40(53)46-35-16-12-31(13-17-35)20-21-47(7)38(51)25-42(4,5)26-39(52)48(8)22-23-54-36-18-14-34(15-19-36)37(50)28-45-27-32-10-9-11-33(24-32)29-49/h9-19,24,29,45H,20-23,25-28,30,44H2,1-8H3,(H,46,53)/t43-/m1/s1. The number of hydrogen-bond acceptors (Lipinski definition) is 8. The summed E-state index contributed by atoms with van der Waals surface area (Å²) in [5, 5.41) is 6.03. The first kappa shape index (κ1) is 43.5. The van der Waals surface area contributed by atoms with Crippen molar-refractivity contribution in [2.45, 2.75) is 79.3 Å². The Hall–Kier alpha value is -4.87. The van der Waals surface area contributed by atoms with Gasteiger partial charge in [0.1, 0.15) is 18.6 Å². The average molecular weight is 742 g/mol. The largest absolute Gasteiger partial charge is 0.492 e. The van der Waals surface area contributed by atoms with Crippen LogP contribution in [0.2, 0.25) is 0 Å². The van der Waals surface area contributed by atoms with E-state index in [-0.39, 0.29) is 54.9 Å². The van der Waals surface area contributed by atoms with Crippen molar-refractivity contribution in [2.24, 2.45) is 16.6 Å². The van der Waals surface area contributed by atoms with Crippen LogP contribution < -0.4 is 21.1 Å². The third-order valence-corrected chi connectivity index (χ3v) is 9.05. The second-order valence-corrected chi connectivity index (χ2v) is 16.5. The van der Waals surface area contributed by atoms with Crippen molar-refractivity contribution >= 4 is 35.5 Å². The number of carbonyl (C=O) groups excluding carboxylic acids is 5. The Morgan fingerprint density at radius 2 is 1.41 bits per heavy atom. The molecule has 3 rings (SSSR count). The predicted molar refractivity (Wildman–Crippen MR) is 214 cm³/mol. The van der Waals surface area contributed by atoms with Gasteiger partial charge in [-0.1, -0.05) is 65.0 Å². The molecule has 0 aromatic heterocycles. The Labute approximate surface area is 321 Å². The number of aldehydes is 1. The molecule has 0 bridgehead atoms. The molecule has 0 saturated heterocycles. The summed E-state index contributed by atoms with van der Waals surface area (Å²) in [5.41, 5.74) is 8.46. The van der Waals surface area contributed by atoms with Gasteiger partial charge in [-0.2, -0.15) is 0 Å². The molecule has 292 valence electrons. The van der Waals surface area contributed by atoms with Crippen LogP contribution in [0.25, 0.3) is 0 Å².